The average Bonchev–Trinajstić information content (AvgIpc) is 2.83. The number of carbonyl (C=O) groups excluding carboxylic acids is 1. The molecule has 1 aromatic carbocycles. The second-order valence-electron chi connectivity index (χ2n) is 5.40. The molecule has 3 heteroatoms. The van der Waals surface area contributed by atoms with Gasteiger partial charge in [-0.2, -0.15) is 0 Å². The summed E-state index contributed by atoms with van der Waals surface area (Å²) in [4.78, 5) is 14.2. The van der Waals surface area contributed by atoms with Crippen LogP contribution in [0.5, 0.6) is 0 Å². The first-order valence-corrected chi connectivity index (χ1v) is 7.18. The molecular formula is C16H24N2O. The minimum atomic E-state index is 0.226. The number of nitrogens with one attached hydrogen (secondary N) is 1. The van der Waals surface area contributed by atoms with Gasteiger partial charge in [-0.15, -0.1) is 0 Å². The number of amides is 1. The quantitative estimate of drug-likeness (QED) is 0.901. The summed E-state index contributed by atoms with van der Waals surface area (Å²) in [5.41, 5.74) is 2.66. The van der Waals surface area contributed by atoms with Crippen LogP contribution in [0.3, 0.4) is 0 Å². The van der Waals surface area contributed by atoms with E-state index in [0.717, 1.165) is 19.4 Å². The van der Waals surface area contributed by atoms with E-state index in [0.29, 0.717) is 18.5 Å². The average molecular weight is 260 g/mol. The van der Waals surface area contributed by atoms with E-state index in [2.05, 4.69) is 48.3 Å². The lowest BCUT2D eigenvalue weighted by atomic mass is 9.90. The van der Waals surface area contributed by atoms with Crippen molar-refractivity contribution in [3.8, 4) is 0 Å². The van der Waals surface area contributed by atoms with Gasteiger partial charge in [0.05, 0.1) is 6.54 Å². The Kier molecular flexibility index (Phi) is 4.59. The van der Waals surface area contributed by atoms with Gasteiger partial charge < -0.3 is 10.2 Å². The summed E-state index contributed by atoms with van der Waals surface area (Å²) >= 11 is 0. The fourth-order valence-corrected chi connectivity index (χ4v) is 3.12. The van der Waals surface area contributed by atoms with Gasteiger partial charge in [-0.3, -0.25) is 4.79 Å². The number of rotatable bonds is 4. The summed E-state index contributed by atoms with van der Waals surface area (Å²) < 4.78 is 0. The van der Waals surface area contributed by atoms with E-state index in [1.807, 2.05) is 7.05 Å². The topological polar surface area (TPSA) is 32.3 Å². The number of likely N-dealkylation sites (tertiary alicyclic amines) is 1. The Hall–Kier alpha value is -1.35. The first-order valence-electron chi connectivity index (χ1n) is 7.18. The molecule has 1 aliphatic rings. The monoisotopic (exact) mass is 260 g/mol. The molecule has 1 amide bonds. The second kappa shape index (κ2) is 6.20. The summed E-state index contributed by atoms with van der Waals surface area (Å²) in [6, 6.07) is 9.12. The van der Waals surface area contributed by atoms with Crippen LogP contribution in [0.1, 0.15) is 36.8 Å². The van der Waals surface area contributed by atoms with Crippen molar-refractivity contribution in [2.45, 2.75) is 38.6 Å². The van der Waals surface area contributed by atoms with Crippen molar-refractivity contribution in [2.24, 2.45) is 0 Å². The highest BCUT2D eigenvalue weighted by molar-refractivity contribution is 5.79. The highest BCUT2D eigenvalue weighted by atomic mass is 16.2. The molecule has 1 aromatic rings. The molecular weight excluding hydrogens is 236 g/mol. The molecule has 1 N–H and O–H groups in total. The second-order valence-corrected chi connectivity index (χ2v) is 5.40. The third-order valence-corrected chi connectivity index (χ3v) is 4.12. The predicted molar refractivity (Wildman–Crippen MR) is 78.3 cm³/mol. The lowest BCUT2D eigenvalue weighted by Gasteiger charge is -2.27. The molecule has 104 valence electrons. The summed E-state index contributed by atoms with van der Waals surface area (Å²) in [5.74, 6) is 0.718. The Balaban J connectivity index is 2.15. The Morgan fingerprint density at radius 2 is 2.05 bits per heavy atom. The minimum Gasteiger partial charge on any atom is -0.338 e. The molecule has 0 unspecified atom stereocenters. The number of nitrogens with zero attached hydrogens (tertiary/aromatic N) is 1. The molecule has 2 atom stereocenters. The van der Waals surface area contributed by atoms with Gasteiger partial charge in [-0.05, 0) is 32.4 Å². The zero-order valence-corrected chi connectivity index (χ0v) is 12.1. The summed E-state index contributed by atoms with van der Waals surface area (Å²) in [6.45, 7) is 5.62. The Morgan fingerprint density at radius 3 is 2.63 bits per heavy atom. The number of benzene rings is 1. The maximum Gasteiger partial charge on any atom is 0.236 e. The van der Waals surface area contributed by atoms with Gasteiger partial charge in [0.25, 0.3) is 0 Å². The van der Waals surface area contributed by atoms with Crippen molar-refractivity contribution in [2.75, 3.05) is 20.1 Å². The van der Waals surface area contributed by atoms with Crippen LogP contribution >= 0.6 is 0 Å². The van der Waals surface area contributed by atoms with Crippen LogP contribution in [-0.4, -0.2) is 37.0 Å². The molecule has 1 saturated heterocycles. The fraction of sp³-hybridized carbons (Fsp3) is 0.562. The number of hydrogen-bond donors (Lipinski definition) is 1. The van der Waals surface area contributed by atoms with Crippen LogP contribution in [-0.2, 0) is 4.79 Å². The lowest BCUT2D eigenvalue weighted by molar-refractivity contribution is -0.131. The summed E-state index contributed by atoms with van der Waals surface area (Å²) in [5, 5.41) is 2.96. The van der Waals surface area contributed by atoms with Crippen molar-refractivity contribution >= 4 is 5.91 Å². The normalized spacial score (nSPS) is 22.8. The SMILES string of the molecule is CC[C@@H]1[C@@H](c2ccc(C)cc2)CCN1C(=O)CNC. The molecule has 0 aromatic heterocycles. The molecule has 0 radical (unpaired) electrons. The molecule has 19 heavy (non-hydrogen) atoms. The molecule has 0 saturated carbocycles. The van der Waals surface area contributed by atoms with Crippen LogP contribution in [0.15, 0.2) is 24.3 Å². The third kappa shape index (κ3) is 2.98. The van der Waals surface area contributed by atoms with Crippen molar-refractivity contribution < 1.29 is 4.79 Å². The van der Waals surface area contributed by atoms with Crippen molar-refractivity contribution in [1.29, 1.82) is 0 Å². The van der Waals surface area contributed by atoms with E-state index in [4.69, 9.17) is 0 Å². The Labute approximate surface area is 116 Å². The molecule has 2 rings (SSSR count). The molecule has 0 aliphatic carbocycles. The zero-order chi connectivity index (χ0) is 13.8. The van der Waals surface area contributed by atoms with Gasteiger partial charge in [0, 0.05) is 18.5 Å². The van der Waals surface area contributed by atoms with Gasteiger partial charge in [-0.25, -0.2) is 0 Å². The zero-order valence-electron chi connectivity index (χ0n) is 12.1. The van der Waals surface area contributed by atoms with Crippen LogP contribution in [0.4, 0.5) is 0 Å². The molecule has 0 spiro atoms. The molecule has 1 fully saturated rings. The Bertz CT molecular complexity index is 427. The first-order chi connectivity index (χ1) is 9.17. The van der Waals surface area contributed by atoms with E-state index in [1.165, 1.54) is 11.1 Å². The van der Waals surface area contributed by atoms with Gasteiger partial charge >= 0.3 is 0 Å². The number of hydrogen-bond acceptors (Lipinski definition) is 2. The lowest BCUT2D eigenvalue weighted by Crippen LogP contribution is -2.41. The summed E-state index contributed by atoms with van der Waals surface area (Å²) in [6.07, 6.45) is 2.10. The Morgan fingerprint density at radius 1 is 1.37 bits per heavy atom. The molecule has 1 heterocycles. The first kappa shape index (κ1) is 14.1. The van der Waals surface area contributed by atoms with Crippen molar-refractivity contribution in [3.63, 3.8) is 0 Å². The molecule has 1 aliphatic heterocycles. The number of aryl methyl sites for hydroxylation is 1. The number of likely N-dealkylation sites (N-methyl/N-ethyl adjacent to an activating group) is 1. The van der Waals surface area contributed by atoms with E-state index < -0.39 is 0 Å². The standard InChI is InChI=1S/C16H24N2O/c1-4-15-14(13-7-5-12(2)6-8-13)9-10-18(15)16(19)11-17-3/h5-8,14-15,17H,4,9-11H2,1-3H3/t14-,15-/m1/s1. The maximum atomic E-state index is 12.1. The van der Waals surface area contributed by atoms with E-state index >= 15 is 0 Å². The van der Waals surface area contributed by atoms with E-state index in [9.17, 15) is 4.79 Å². The minimum absolute atomic E-state index is 0.226. The maximum absolute atomic E-state index is 12.1. The van der Waals surface area contributed by atoms with Gasteiger partial charge in [0.2, 0.25) is 5.91 Å². The fourth-order valence-electron chi connectivity index (χ4n) is 3.12. The third-order valence-electron chi connectivity index (χ3n) is 4.12. The molecule has 0 bridgehead atoms. The van der Waals surface area contributed by atoms with Crippen LogP contribution in [0.2, 0.25) is 0 Å². The highest BCUT2D eigenvalue weighted by Crippen LogP contribution is 2.35. The van der Waals surface area contributed by atoms with Crippen LogP contribution < -0.4 is 5.32 Å². The van der Waals surface area contributed by atoms with Crippen LogP contribution in [0, 0.1) is 6.92 Å². The summed E-state index contributed by atoms with van der Waals surface area (Å²) in [7, 11) is 1.83. The van der Waals surface area contributed by atoms with Gasteiger partial charge in [-0.1, -0.05) is 36.8 Å². The van der Waals surface area contributed by atoms with Gasteiger partial charge in [0.1, 0.15) is 0 Å². The predicted octanol–water partition coefficient (Wildman–Crippen LogP) is 2.31. The highest BCUT2D eigenvalue weighted by Gasteiger charge is 2.35. The van der Waals surface area contributed by atoms with E-state index in [-0.39, 0.29) is 5.91 Å². The van der Waals surface area contributed by atoms with Gasteiger partial charge in [0.15, 0.2) is 0 Å². The largest absolute Gasteiger partial charge is 0.338 e. The van der Waals surface area contributed by atoms with Crippen molar-refractivity contribution in [1.82, 2.24) is 10.2 Å². The molecule has 3 nitrogen and oxygen atoms in total. The van der Waals surface area contributed by atoms with Crippen LogP contribution in [0.25, 0.3) is 0 Å². The number of carbonyl (C=O) groups is 1. The smallest absolute Gasteiger partial charge is 0.236 e. The van der Waals surface area contributed by atoms with E-state index in [1.54, 1.807) is 0 Å². The van der Waals surface area contributed by atoms with Crippen molar-refractivity contribution in [3.05, 3.63) is 35.4 Å².